The van der Waals surface area contributed by atoms with Gasteiger partial charge in [0.05, 0.1) is 17.6 Å². The summed E-state index contributed by atoms with van der Waals surface area (Å²) in [7, 11) is -2.83. The first-order valence-electron chi connectivity index (χ1n) is 11.0. The Kier molecular flexibility index (Phi) is 6.20. The number of fused-ring (bicyclic) bond motifs is 2. The molecule has 2 saturated heterocycles. The third kappa shape index (κ3) is 3.82. The standard InChI is InChI=1S/C20H33N3O3S.HI/c24-27(25)11-7-14(13-27)12-21-19(22-15-4-1-2-5-15)23-17-16-6-10-26-18(16)20(17)8-3-9-20;/h14-18H,1-13H2,(H2,21,22,23);1H. The summed E-state index contributed by atoms with van der Waals surface area (Å²) >= 11 is 0. The van der Waals surface area contributed by atoms with Crippen LogP contribution in [0.25, 0.3) is 0 Å². The molecular formula is C20H34IN3O3S. The fourth-order valence-corrected chi connectivity index (χ4v) is 8.09. The molecule has 2 heterocycles. The van der Waals surface area contributed by atoms with Crippen LogP contribution in [0.1, 0.15) is 57.8 Å². The maximum atomic E-state index is 11.8. The Morgan fingerprint density at radius 2 is 1.86 bits per heavy atom. The molecule has 4 unspecified atom stereocenters. The SMILES string of the molecule is I.O=S1(=O)CCC(CN=C(NC2CCCC2)NC2C3CCOC3C23CCC3)C1. The van der Waals surface area contributed by atoms with Gasteiger partial charge < -0.3 is 15.4 Å². The second-order valence-electron chi connectivity index (χ2n) is 9.54. The van der Waals surface area contributed by atoms with E-state index < -0.39 is 9.84 Å². The Hall–Kier alpha value is -0.0900. The zero-order valence-corrected chi connectivity index (χ0v) is 19.7. The first kappa shape index (κ1) is 21.2. The van der Waals surface area contributed by atoms with E-state index in [2.05, 4.69) is 10.6 Å². The second kappa shape index (κ2) is 8.21. The molecule has 28 heavy (non-hydrogen) atoms. The summed E-state index contributed by atoms with van der Waals surface area (Å²) < 4.78 is 29.6. The molecule has 0 radical (unpaired) electrons. The molecule has 2 N–H and O–H groups in total. The lowest BCUT2D eigenvalue weighted by Crippen LogP contribution is -2.72. The van der Waals surface area contributed by atoms with Gasteiger partial charge in [0.25, 0.3) is 0 Å². The molecule has 0 aromatic carbocycles. The molecule has 8 heteroatoms. The number of halogens is 1. The number of nitrogens with zero attached hydrogens (tertiary/aromatic N) is 1. The van der Waals surface area contributed by atoms with Crippen LogP contribution in [0.2, 0.25) is 0 Å². The van der Waals surface area contributed by atoms with Gasteiger partial charge in [-0.1, -0.05) is 19.3 Å². The summed E-state index contributed by atoms with van der Waals surface area (Å²) in [6.07, 6.45) is 11.2. The van der Waals surface area contributed by atoms with Crippen LogP contribution in [-0.2, 0) is 14.6 Å². The van der Waals surface area contributed by atoms with Crippen LogP contribution in [0.5, 0.6) is 0 Å². The number of hydrogen-bond acceptors (Lipinski definition) is 4. The zero-order chi connectivity index (χ0) is 18.5. The van der Waals surface area contributed by atoms with Crippen molar-refractivity contribution in [1.29, 1.82) is 0 Å². The van der Waals surface area contributed by atoms with E-state index in [0.29, 0.717) is 47.6 Å². The van der Waals surface area contributed by atoms with Gasteiger partial charge >= 0.3 is 0 Å². The molecule has 2 aliphatic heterocycles. The van der Waals surface area contributed by atoms with E-state index in [9.17, 15) is 8.42 Å². The minimum Gasteiger partial charge on any atom is -0.377 e. The Labute approximate surface area is 186 Å². The van der Waals surface area contributed by atoms with Crippen molar-refractivity contribution in [3.8, 4) is 0 Å². The Morgan fingerprint density at radius 1 is 1.07 bits per heavy atom. The third-order valence-electron chi connectivity index (χ3n) is 7.86. The van der Waals surface area contributed by atoms with E-state index >= 15 is 0 Å². The van der Waals surface area contributed by atoms with Gasteiger partial charge in [-0.3, -0.25) is 4.99 Å². The number of hydrogen-bond donors (Lipinski definition) is 2. The fourth-order valence-electron chi connectivity index (χ4n) is 6.24. The van der Waals surface area contributed by atoms with Gasteiger partial charge in [-0.05, 0) is 44.4 Å². The van der Waals surface area contributed by atoms with Gasteiger partial charge in [0.2, 0.25) is 0 Å². The van der Waals surface area contributed by atoms with Gasteiger partial charge in [0.15, 0.2) is 15.8 Å². The van der Waals surface area contributed by atoms with Crippen molar-refractivity contribution in [3.63, 3.8) is 0 Å². The van der Waals surface area contributed by atoms with Gasteiger partial charge in [0, 0.05) is 36.6 Å². The van der Waals surface area contributed by atoms with Crippen molar-refractivity contribution < 1.29 is 13.2 Å². The highest BCUT2D eigenvalue weighted by Gasteiger charge is 2.66. The van der Waals surface area contributed by atoms with Crippen molar-refractivity contribution in [2.75, 3.05) is 24.7 Å². The molecule has 3 saturated carbocycles. The quantitative estimate of drug-likeness (QED) is 0.336. The van der Waals surface area contributed by atoms with Crippen molar-refractivity contribution >= 4 is 39.8 Å². The normalized spacial score (nSPS) is 38.4. The van der Waals surface area contributed by atoms with Crippen LogP contribution < -0.4 is 10.6 Å². The largest absolute Gasteiger partial charge is 0.377 e. The van der Waals surface area contributed by atoms with E-state index in [1.54, 1.807) is 0 Å². The summed E-state index contributed by atoms with van der Waals surface area (Å²) in [5.41, 5.74) is 0.329. The first-order valence-corrected chi connectivity index (χ1v) is 12.8. The second-order valence-corrected chi connectivity index (χ2v) is 11.8. The molecule has 6 nitrogen and oxygen atoms in total. The fraction of sp³-hybridized carbons (Fsp3) is 0.950. The van der Waals surface area contributed by atoms with Crippen LogP contribution in [-0.4, -0.2) is 57.2 Å². The maximum absolute atomic E-state index is 11.8. The van der Waals surface area contributed by atoms with Crippen molar-refractivity contribution in [1.82, 2.24) is 10.6 Å². The molecule has 5 rings (SSSR count). The number of sulfone groups is 1. The predicted octanol–water partition coefficient (Wildman–Crippen LogP) is 2.47. The Morgan fingerprint density at radius 3 is 2.50 bits per heavy atom. The number of nitrogens with one attached hydrogen (secondary N) is 2. The molecule has 0 amide bonds. The summed E-state index contributed by atoms with van der Waals surface area (Å²) in [6.45, 7) is 1.52. The summed E-state index contributed by atoms with van der Waals surface area (Å²) in [4.78, 5) is 4.88. The third-order valence-corrected chi connectivity index (χ3v) is 9.70. The summed E-state index contributed by atoms with van der Waals surface area (Å²) in [6, 6.07) is 0.982. The minimum absolute atomic E-state index is 0. The van der Waals surface area contributed by atoms with Crippen LogP contribution in [0.4, 0.5) is 0 Å². The molecule has 3 aliphatic carbocycles. The van der Waals surface area contributed by atoms with Crippen molar-refractivity contribution in [3.05, 3.63) is 0 Å². The molecule has 4 atom stereocenters. The molecule has 0 aromatic rings. The predicted molar refractivity (Wildman–Crippen MR) is 121 cm³/mol. The number of rotatable bonds is 4. The average Bonchev–Trinajstić information content (AvgIpc) is 3.30. The number of aliphatic imine (C=N–C) groups is 1. The summed E-state index contributed by atoms with van der Waals surface area (Å²) in [5, 5.41) is 7.47. The molecule has 160 valence electrons. The van der Waals surface area contributed by atoms with Crippen LogP contribution >= 0.6 is 24.0 Å². The van der Waals surface area contributed by atoms with Gasteiger partial charge in [-0.2, -0.15) is 0 Å². The van der Waals surface area contributed by atoms with Gasteiger partial charge in [-0.15, -0.1) is 24.0 Å². The molecule has 5 aliphatic rings. The number of guanidine groups is 1. The van der Waals surface area contributed by atoms with Crippen molar-refractivity contribution in [2.24, 2.45) is 22.2 Å². The lowest BCUT2D eigenvalue weighted by molar-refractivity contribution is -0.171. The highest BCUT2D eigenvalue weighted by atomic mass is 127. The lowest BCUT2D eigenvalue weighted by atomic mass is 9.46. The van der Waals surface area contributed by atoms with E-state index in [1.807, 2.05) is 0 Å². The first-order chi connectivity index (χ1) is 13.1. The highest BCUT2D eigenvalue weighted by Crippen LogP contribution is 2.62. The highest BCUT2D eigenvalue weighted by molar-refractivity contribution is 14.0. The smallest absolute Gasteiger partial charge is 0.191 e. The molecule has 0 bridgehead atoms. The Bertz CT molecular complexity index is 703. The Balaban J connectivity index is 0.00000192. The molecule has 1 spiro atoms. The lowest BCUT2D eigenvalue weighted by Gasteiger charge is -2.63. The summed E-state index contributed by atoms with van der Waals surface area (Å²) in [5.74, 6) is 2.36. The van der Waals surface area contributed by atoms with Crippen LogP contribution in [0.15, 0.2) is 4.99 Å². The van der Waals surface area contributed by atoms with E-state index in [0.717, 1.165) is 25.4 Å². The van der Waals surface area contributed by atoms with Crippen LogP contribution in [0, 0.1) is 17.3 Å². The van der Waals surface area contributed by atoms with E-state index in [4.69, 9.17) is 9.73 Å². The number of ether oxygens (including phenoxy) is 1. The van der Waals surface area contributed by atoms with E-state index in [1.165, 1.54) is 44.9 Å². The van der Waals surface area contributed by atoms with Crippen LogP contribution in [0.3, 0.4) is 0 Å². The zero-order valence-electron chi connectivity index (χ0n) is 16.6. The van der Waals surface area contributed by atoms with Crippen molar-refractivity contribution in [2.45, 2.75) is 76.0 Å². The molecule has 0 aromatic heterocycles. The molecular weight excluding hydrogens is 489 g/mol. The minimum atomic E-state index is -2.83. The van der Waals surface area contributed by atoms with E-state index in [-0.39, 0.29) is 29.9 Å². The average molecular weight is 523 g/mol. The molecule has 5 fully saturated rings. The topological polar surface area (TPSA) is 79.8 Å². The van der Waals surface area contributed by atoms with Gasteiger partial charge in [-0.25, -0.2) is 8.42 Å². The van der Waals surface area contributed by atoms with Gasteiger partial charge in [0.1, 0.15) is 0 Å². The monoisotopic (exact) mass is 523 g/mol. The maximum Gasteiger partial charge on any atom is 0.191 e.